The zero-order chi connectivity index (χ0) is 22.2. The van der Waals surface area contributed by atoms with Gasteiger partial charge in [-0.15, -0.1) is 0 Å². The van der Waals surface area contributed by atoms with Crippen molar-refractivity contribution in [1.82, 2.24) is 15.5 Å². The summed E-state index contributed by atoms with van der Waals surface area (Å²) in [4.78, 5) is 52.0. The van der Waals surface area contributed by atoms with Crippen molar-refractivity contribution in [3.05, 3.63) is 65.2 Å². The largest absolute Gasteiger partial charge is 0.349 e. The number of benzene rings is 2. The van der Waals surface area contributed by atoms with Gasteiger partial charge in [-0.1, -0.05) is 24.3 Å². The molecule has 0 spiro atoms. The van der Waals surface area contributed by atoms with E-state index >= 15 is 0 Å². The molecule has 1 heterocycles. The molecular weight excluding hydrogens is 408 g/mol. The number of amides is 4. The summed E-state index contributed by atoms with van der Waals surface area (Å²) in [6, 6.07) is 13.4. The van der Waals surface area contributed by atoms with E-state index in [0.717, 1.165) is 25.7 Å². The maximum atomic E-state index is 13.0. The van der Waals surface area contributed by atoms with E-state index in [2.05, 4.69) is 16.0 Å². The van der Waals surface area contributed by atoms with E-state index in [-0.39, 0.29) is 36.3 Å². The first-order valence-electron chi connectivity index (χ1n) is 10.9. The molecule has 2 aliphatic carbocycles. The molecule has 2 aromatic rings. The van der Waals surface area contributed by atoms with E-state index in [1.807, 2.05) is 6.07 Å². The lowest BCUT2D eigenvalue weighted by molar-refractivity contribution is -0.127. The van der Waals surface area contributed by atoms with E-state index in [1.54, 1.807) is 47.4 Å². The molecule has 2 aromatic carbocycles. The molecule has 32 heavy (non-hydrogen) atoms. The van der Waals surface area contributed by atoms with Crippen LogP contribution in [0.4, 0.5) is 5.69 Å². The summed E-state index contributed by atoms with van der Waals surface area (Å²) >= 11 is 0. The van der Waals surface area contributed by atoms with Gasteiger partial charge in [0.15, 0.2) is 0 Å². The van der Waals surface area contributed by atoms with Crippen LogP contribution in [0.2, 0.25) is 0 Å². The second-order valence-corrected chi connectivity index (χ2v) is 8.53. The van der Waals surface area contributed by atoms with Gasteiger partial charge in [-0.2, -0.15) is 0 Å². The molecule has 4 amide bonds. The molecule has 0 saturated heterocycles. The highest BCUT2D eigenvalue weighted by Crippen LogP contribution is 2.41. The molecule has 0 radical (unpaired) electrons. The molecule has 8 nitrogen and oxygen atoms in total. The number of hydrogen-bond donors (Lipinski definition) is 3. The minimum Gasteiger partial charge on any atom is -0.349 e. The maximum Gasteiger partial charge on any atom is 0.255 e. The normalized spacial score (nSPS) is 19.3. The number of nitrogens with one attached hydrogen (secondary N) is 3. The van der Waals surface area contributed by atoms with Crippen LogP contribution in [-0.2, 0) is 9.59 Å². The molecule has 1 aliphatic heterocycles. The summed E-state index contributed by atoms with van der Waals surface area (Å²) in [5.74, 6) is -1.08. The smallest absolute Gasteiger partial charge is 0.255 e. The van der Waals surface area contributed by atoms with Crippen molar-refractivity contribution < 1.29 is 19.2 Å². The van der Waals surface area contributed by atoms with E-state index in [0.29, 0.717) is 22.4 Å². The Bertz CT molecular complexity index is 1110. The third kappa shape index (κ3) is 4.08. The molecule has 8 heteroatoms. The van der Waals surface area contributed by atoms with Crippen LogP contribution in [0.3, 0.4) is 0 Å². The standard InChI is InChI=1S/C24H24N4O4/c29-20(26-16-5-3-4-14(12-16)22(30)27-15-8-9-15)13-25-23(31)21-18-6-1-2-7-19(18)24(32)28(21)17-10-11-17/h1-7,12,15,17,21H,8-11,13H2,(H,25,31)(H,26,29)(H,27,30). The molecule has 0 aromatic heterocycles. The Labute approximate surface area is 185 Å². The molecule has 3 aliphatic rings. The topological polar surface area (TPSA) is 108 Å². The fourth-order valence-corrected chi connectivity index (χ4v) is 4.04. The van der Waals surface area contributed by atoms with E-state index in [4.69, 9.17) is 0 Å². The van der Waals surface area contributed by atoms with Gasteiger partial charge in [0.25, 0.3) is 11.8 Å². The van der Waals surface area contributed by atoms with Gasteiger partial charge in [-0.3, -0.25) is 19.2 Å². The number of rotatable bonds is 7. The molecule has 164 valence electrons. The highest BCUT2D eigenvalue weighted by Gasteiger charge is 2.47. The average Bonchev–Trinajstić information content (AvgIpc) is 3.72. The van der Waals surface area contributed by atoms with Crippen LogP contribution >= 0.6 is 0 Å². The van der Waals surface area contributed by atoms with Crippen molar-refractivity contribution >= 4 is 29.3 Å². The van der Waals surface area contributed by atoms with Crippen LogP contribution in [0.5, 0.6) is 0 Å². The molecule has 1 unspecified atom stereocenters. The van der Waals surface area contributed by atoms with Crippen LogP contribution < -0.4 is 16.0 Å². The van der Waals surface area contributed by atoms with Crippen molar-refractivity contribution in [3.63, 3.8) is 0 Å². The van der Waals surface area contributed by atoms with Gasteiger partial charge in [0.2, 0.25) is 11.8 Å². The van der Waals surface area contributed by atoms with Crippen LogP contribution in [-0.4, -0.2) is 47.2 Å². The number of carbonyl (C=O) groups excluding carboxylic acids is 4. The van der Waals surface area contributed by atoms with Gasteiger partial charge in [-0.05, 0) is 55.5 Å². The van der Waals surface area contributed by atoms with Crippen molar-refractivity contribution in [2.45, 2.75) is 43.8 Å². The van der Waals surface area contributed by atoms with Crippen LogP contribution in [0.1, 0.15) is 58.0 Å². The number of fused-ring (bicyclic) bond motifs is 1. The number of anilines is 1. The second kappa shape index (κ2) is 8.11. The Kier molecular flexibility index (Phi) is 5.13. The highest BCUT2D eigenvalue weighted by atomic mass is 16.2. The summed E-state index contributed by atoms with van der Waals surface area (Å²) < 4.78 is 0. The molecule has 3 N–H and O–H groups in total. The second-order valence-electron chi connectivity index (χ2n) is 8.53. The number of nitrogens with zero attached hydrogens (tertiary/aromatic N) is 1. The fraction of sp³-hybridized carbons (Fsp3) is 0.333. The lowest BCUT2D eigenvalue weighted by Gasteiger charge is -2.24. The first-order chi connectivity index (χ1) is 15.5. The van der Waals surface area contributed by atoms with E-state index in [9.17, 15) is 19.2 Å². The van der Waals surface area contributed by atoms with Gasteiger partial charge in [0.1, 0.15) is 6.04 Å². The molecule has 2 fully saturated rings. The van der Waals surface area contributed by atoms with Crippen LogP contribution in [0.25, 0.3) is 0 Å². The van der Waals surface area contributed by atoms with Gasteiger partial charge in [0, 0.05) is 28.9 Å². The third-order valence-corrected chi connectivity index (χ3v) is 5.93. The molecule has 5 rings (SSSR count). The minimum absolute atomic E-state index is 0.0731. The Balaban J connectivity index is 1.21. The fourth-order valence-electron chi connectivity index (χ4n) is 4.04. The predicted octanol–water partition coefficient (Wildman–Crippen LogP) is 1.99. The summed E-state index contributed by atoms with van der Waals surface area (Å²) in [6.45, 7) is -0.233. The predicted molar refractivity (Wildman–Crippen MR) is 117 cm³/mol. The van der Waals surface area contributed by atoms with Gasteiger partial charge < -0.3 is 20.9 Å². The zero-order valence-corrected chi connectivity index (χ0v) is 17.5. The summed E-state index contributed by atoms with van der Waals surface area (Å²) in [5.41, 5.74) is 2.18. The zero-order valence-electron chi connectivity index (χ0n) is 17.5. The van der Waals surface area contributed by atoms with Gasteiger partial charge in [-0.25, -0.2) is 0 Å². The SMILES string of the molecule is O=C(CNC(=O)C1c2ccccc2C(=O)N1C1CC1)Nc1cccc(C(=O)NC2CC2)c1. The lowest BCUT2D eigenvalue weighted by Crippen LogP contribution is -2.42. The van der Waals surface area contributed by atoms with Crippen LogP contribution in [0, 0.1) is 0 Å². The molecule has 2 saturated carbocycles. The third-order valence-electron chi connectivity index (χ3n) is 5.93. The van der Waals surface area contributed by atoms with E-state index < -0.39 is 11.9 Å². The quantitative estimate of drug-likeness (QED) is 0.622. The maximum absolute atomic E-state index is 13.0. The number of carbonyl (C=O) groups is 4. The van der Waals surface area contributed by atoms with Crippen molar-refractivity contribution in [2.24, 2.45) is 0 Å². The average molecular weight is 432 g/mol. The van der Waals surface area contributed by atoms with Crippen molar-refractivity contribution in [3.8, 4) is 0 Å². The van der Waals surface area contributed by atoms with Crippen molar-refractivity contribution in [1.29, 1.82) is 0 Å². The molecule has 1 atom stereocenters. The van der Waals surface area contributed by atoms with Gasteiger partial charge >= 0.3 is 0 Å². The number of hydrogen-bond acceptors (Lipinski definition) is 4. The Hall–Kier alpha value is -3.68. The van der Waals surface area contributed by atoms with E-state index in [1.165, 1.54) is 0 Å². The Morgan fingerprint density at radius 1 is 0.969 bits per heavy atom. The first-order valence-corrected chi connectivity index (χ1v) is 10.9. The first kappa shape index (κ1) is 20.2. The molecule has 0 bridgehead atoms. The summed E-state index contributed by atoms with van der Waals surface area (Å²) in [6.07, 6.45) is 3.76. The summed E-state index contributed by atoms with van der Waals surface area (Å²) in [5, 5.41) is 8.29. The Morgan fingerprint density at radius 3 is 2.50 bits per heavy atom. The molecular formula is C24H24N4O4. The van der Waals surface area contributed by atoms with Crippen molar-refractivity contribution in [2.75, 3.05) is 11.9 Å². The summed E-state index contributed by atoms with van der Waals surface area (Å²) in [7, 11) is 0. The lowest BCUT2D eigenvalue weighted by atomic mass is 10.0. The van der Waals surface area contributed by atoms with Crippen LogP contribution in [0.15, 0.2) is 48.5 Å². The minimum atomic E-state index is -0.714. The monoisotopic (exact) mass is 432 g/mol. The van der Waals surface area contributed by atoms with Gasteiger partial charge in [0.05, 0.1) is 6.54 Å². The Morgan fingerprint density at radius 2 is 1.75 bits per heavy atom. The highest BCUT2D eigenvalue weighted by molar-refractivity contribution is 6.06.